The molecule has 0 amide bonds. The number of hydrogen-bond acceptors (Lipinski definition) is 1. The molecule has 1 N–H and O–H groups in total. The summed E-state index contributed by atoms with van der Waals surface area (Å²) in [7, 11) is 0. The molecule has 0 bridgehead atoms. The number of carboxylic acids is 1. The average Bonchev–Trinajstić information content (AvgIpc) is 2.40. The molecule has 2 heteroatoms. The summed E-state index contributed by atoms with van der Waals surface area (Å²) in [4.78, 5) is 11.3. The van der Waals surface area contributed by atoms with Crippen LogP contribution in [0.15, 0.2) is 36.4 Å². The highest BCUT2D eigenvalue weighted by Gasteiger charge is 2.14. The molecule has 19 heavy (non-hydrogen) atoms. The maximum atomic E-state index is 11.3. The molecule has 2 rings (SSSR count). The smallest absolute Gasteiger partial charge is 0.335 e. The molecule has 0 aliphatic rings. The van der Waals surface area contributed by atoms with Gasteiger partial charge in [-0.1, -0.05) is 30.3 Å². The molecular weight excluding hydrogens is 236 g/mol. The zero-order valence-corrected chi connectivity index (χ0v) is 11.5. The maximum Gasteiger partial charge on any atom is 0.335 e. The second kappa shape index (κ2) is 5.27. The van der Waals surface area contributed by atoms with E-state index in [4.69, 9.17) is 0 Å². The van der Waals surface area contributed by atoms with Crippen molar-refractivity contribution in [3.05, 3.63) is 69.8 Å². The summed E-state index contributed by atoms with van der Waals surface area (Å²) in [5.74, 6) is -0.852. The van der Waals surface area contributed by atoms with Gasteiger partial charge in [0.05, 0.1) is 5.56 Å². The van der Waals surface area contributed by atoms with E-state index in [1.807, 2.05) is 38.1 Å². The Morgan fingerprint density at radius 1 is 1.00 bits per heavy atom. The second-order valence-electron chi connectivity index (χ2n) is 4.93. The van der Waals surface area contributed by atoms with Crippen molar-refractivity contribution in [3.8, 4) is 0 Å². The molecule has 0 saturated heterocycles. The van der Waals surface area contributed by atoms with E-state index >= 15 is 0 Å². The number of carbonyl (C=O) groups is 1. The number of benzene rings is 2. The van der Waals surface area contributed by atoms with Crippen LogP contribution in [0, 0.1) is 20.8 Å². The van der Waals surface area contributed by atoms with Crippen LogP contribution in [-0.2, 0) is 6.42 Å². The highest BCUT2D eigenvalue weighted by Crippen LogP contribution is 2.24. The van der Waals surface area contributed by atoms with Crippen LogP contribution < -0.4 is 0 Å². The molecule has 0 fully saturated rings. The van der Waals surface area contributed by atoms with Gasteiger partial charge in [-0.2, -0.15) is 0 Å². The first-order chi connectivity index (χ1) is 9.00. The first-order valence-electron chi connectivity index (χ1n) is 6.37. The molecule has 0 radical (unpaired) electrons. The molecule has 2 aromatic carbocycles. The van der Waals surface area contributed by atoms with Crippen LogP contribution in [0.1, 0.15) is 38.2 Å². The summed E-state index contributed by atoms with van der Waals surface area (Å²) >= 11 is 0. The SMILES string of the molecule is Cc1c(Cc2ccccc2)cc(C(=O)O)c(C)c1C. The van der Waals surface area contributed by atoms with Gasteiger partial charge in [0.1, 0.15) is 0 Å². The largest absolute Gasteiger partial charge is 0.478 e. The Morgan fingerprint density at radius 3 is 2.21 bits per heavy atom. The Bertz CT molecular complexity index is 613. The van der Waals surface area contributed by atoms with Crippen LogP contribution in [0.3, 0.4) is 0 Å². The van der Waals surface area contributed by atoms with Gasteiger partial charge in [-0.3, -0.25) is 0 Å². The molecule has 0 aromatic heterocycles. The van der Waals surface area contributed by atoms with Gasteiger partial charge in [0.2, 0.25) is 0 Å². The minimum absolute atomic E-state index is 0.411. The summed E-state index contributed by atoms with van der Waals surface area (Å²) in [6.45, 7) is 5.93. The van der Waals surface area contributed by atoms with Gasteiger partial charge in [-0.25, -0.2) is 4.79 Å². The van der Waals surface area contributed by atoms with Crippen molar-refractivity contribution in [2.75, 3.05) is 0 Å². The van der Waals surface area contributed by atoms with Crippen molar-refractivity contribution in [1.82, 2.24) is 0 Å². The van der Waals surface area contributed by atoms with Gasteiger partial charge in [-0.15, -0.1) is 0 Å². The topological polar surface area (TPSA) is 37.3 Å². The number of hydrogen-bond donors (Lipinski definition) is 1. The zero-order chi connectivity index (χ0) is 14.0. The third-order valence-electron chi connectivity index (χ3n) is 3.80. The van der Waals surface area contributed by atoms with E-state index in [-0.39, 0.29) is 0 Å². The minimum atomic E-state index is -0.852. The van der Waals surface area contributed by atoms with Crippen molar-refractivity contribution >= 4 is 5.97 Å². The Balaban J connectivity index is 2.49. The van der Waals surface area contributed by atoms with Crippen LogP contribution >= 0.6 is 0 Å². The molecule has 2 aromatic rings. The quantitative estimate of drug-likeness (QED) is 0.902. The van der Waals surface area contributed by atoms with Crippen LogP contribution in [0.25, 0.3) is 0 Å². The lowest BCUT2D eigenvalue weighted by Crippen LogP contribution is -2.06. The highest BCUT2D eigenvalue weighted by atomic mass is 16.4. The minimum Gasteiger partial charge on any atom is -0.478 e. The first-order valence-corrected chi connectivity index (χ1v) is 6.37. The number of carboxylic acid groups (broad SMARTS) is 1. The summed E-state index contributed by atoms with van der Waals surface area (Å²) in [6, 6.07) is 11.9. The third kappa shape index (κ3) is 2.68. The van der Waals surface area contributed by atoms with E-state index in [1.165, 1.54) is 11.1 Å². The van der Waals surface area contributed by atoms with Gasteiger partial charge in [0.25, 0.3) is 0 Å². The van der Waals surface area contributed by atoms with Crippen molar-refractivity contribution in [2.45, 2.75) is 27.2 Å². The summed E-state index contributed by atoms with van der Waals surface area (Å²) in [6.07, 6.45) is 0.772. The van der Waals surface area contributed by atoms with Crippen molar-refractivity contribution in [3.63, 3.8) is 0 Å². The van der Waals surface area contributed by atoms with E-state index in [9.17, 15) is 9.90 Å². The molecule has 0 aliphatic heterocycles. The Morgan fingerprint density at radius 2 is 1.63 bits per heavy atom. The molecule has 0 aliphatic carbocycles. The van der Waals surface area contributed by atoms with Gasteiger partial charge in [0, 0.05) is 0 Å². The highest BCUT2D eigenvalue weighted by molar-refractivity contribution is 5.90. The molecule has 0 saturated carbocycles. The summed E-state index contributed by atoms with van der Waals surface area (Å²) in [5, 5.41) is 9.27. The number of rotatable bonds is 3. The lowest BCUT2D eigenvalue weighted by atomic mass is 9.91. The van der Waals surface area contributed by atoms with Crippen molar-refractivity contribution in [2.24, 2.45) is 0 Å². The molecule has 0 unspecified atom stereocenters. The lowest BCUT2D eigenvalue weighted by Gasteiger charge is -2.14. The van der Waals surface area contributed by atoms with E-state index in [2.05, 4.69) is 19.1 Å². The monoisotopic (exact) mass is 254 g/mol. The van der Waals surface area contributed by atoms with E-state index in [0.717, 1.165) is 23.1 Å². The van der Waals surface area contributed by atoms with Crippen LogP contribution in [-0.4, -0.2) is 11.1 Å². The second-order valence-corrected chi connectivity index (χ2v) is 4.93. The van der Waals surface area contributed by atoms with Gasteiger partial charge in [0.15, 0.2) is 0 Å². The fourth-order valence-corrected chi connectivity index (χ4v) is 2.34. The van der Waals surface area contributed by atoms with E-state index < -0.39 is 5.97 Å². The zero-order valence-electron chi connectivity index (χ0n) is 11.5. The molecular formula is C17H18O2. The lowest BCUT2D eigenvalue weighted by molar-refractivity contribution is 0.0696. The van der Waals surface area contributed by atoms with Crippen LogP contribution in [0.5, 0.6) is 0 Å². The first kappa shape index (κ1) is 13.3. The normalized spacial score (nSPS) is 10.5. The Labute approximate surface area is 113 Å². The fraction of sp³-hybridized carbons (Fsp3) is 0.235. The van der Waals surface area contributed by atoms with E-state index in [0.29, 0.717) is 5.56 Å². The Kier molecular flexibility index (Phi) is 3.70. The fourth-order valence-electron chi connectivity index (χ4n) is 2.34. The number of aromatic carboxylic acids is 1. The average molecular weight is 254 g/mol. The molecule has 0 heterocycles. The third-order valence-corrected chi connectivity index (χ3v) is 3.80. The molecule has 0 atom stereocenters. The van der Waals surface area contributed by atoms with Gasteiger partial charge >= 0.3 is 5.97 Å². The standard InChI is InChI=1S/C17H18O2/c1-11-12(2)15(9-14-7-5-4-6-8-14)10-16(13(11)3)17(18)19/h4-8,10H,9H2,1-3H3,(H,18,19). The van der Waals surface area contributed by atoms with Gasteiger partial charge in [-0.05, 0) is 61.1 Å². The Hall–Kier alpha value is -2.09. The van der Waals surface area contributed by atoms with Crippen molar-refractivity contribution in [1.29, 1.82) is 0 Å². The summed E-state index contributed by atoms with van der Waals surface area (Å²) < 4.78 is 0. The van der Waals surface area contributed by atoms with Crippen LogP contribution in [0.4, 0.5) is 0 Å². The molecule has 98 valence electrons. The predicted molar refractivity (Wildman–Crippen MR) is 76.9 cm³/mol. The molecule has 0 spiro atoms. The van der Waals surface area contributed by atoms with E-state index in [1.54, 1.807) is 0 Å². The maximum absolute atomic E-state index is 11.3. The predicted octanol–water partition coefficient (Wildman–Crippen LogP) is 3.90. The summed E-state index contributed by atoms with van der Waals surface area (Å²) in [5.41, 5.74) is 5.82. The van der Waals surface area contributed by atoms with Crippen LogP contribution in [0.2, 0.25) is 0 Å². The van der Waals surface area contributed by atoms with Crippen molar-refractivity contribution < 1.29 is 9.90 Å². The molecule has 2 nitrogen and oxygen atoms in total. The van der Waals surface area contributed by atoms with Gasteiger partial charge < -0.3 is 5.11 Å².